The zero-order chi connectivity index (χ0) is 13.0. The second-order valence-corrected chi connectivity index (χ2v) is 5.05. The number of rotatable bonds is 3. The van der Waals surface area contributed by atoms with Crippen LogP contribution in [0.1, 0.15) is 41.9 Å². The number of hydrogen-bond donors (Lipinski definition) is 2. The number of aryl methyl sites for hydroxylation is 1. The molecule has 0 spiro atoms. The topological polar surface area (TPSA) is 62.2 Å². The lowest BCUT2D eigenvalue weighted by atomic mass is 9.87. The first-order valence-electron chi connectivity index (χ1n) is 6.55. The fourth-order valence-corrected chi connectivity index (χ4v) is 2.35. The Morgan fingerprint density at radius 3 is 2.78 bits per heavy atom. The summed E-state index contributed by atoms with van der Waals surface area (Å²) >= 11 is 0. The van der Waals surface area contributed by atoms with Crippen molar-refractivity contribution >= 4 is 5.91 Å². The lowest BCUT2D eigenvalue weighted by Crippen LogP contribution is -2.32. The summed E-state index contributed by atoms with van der Waals surface area (Å²) in [7, 11) is 0. The maximum atomic E-state index is 11.9. The third-order valence-corrected chi connectivity index (χ3v) is 3.49. The van der Waals surface area contributed by atoms with Crippen molar-refractivity contribution < 1.29 is 9.90 Å². The van der Waals surface area contributed by atoms with E-state index in [2.05, 4.69) is 10.3 Å². The first kappa shape index (κ1) is 13.0. The molecule has 1 aliphatic carbocycles. The quantitative estimate of drug-likeness (QED) is 0.855. The smallest absolute Gasteiger partial charge is 0.269 e. The van der Waals surface area contributed by atoms with Gasteiger partial charge in [-0.1, -0.05) is 6.07 Å². The maximum Gasteiger partial charge on any atom is 0.269 e. The molecular formula is C14H20N2O2. The highest BCUT2D eigenvalue weighted by atomic mass is 16.3. The summed E-state index contributed by atoms with van der Waals surface area (Å²) in [5, 5.41) is 12.3. The Labute approximate surface area is 107 Å². The highest BCUT2D eigenvalue weighted by molar-refractivity contribution is 5.92. The average Bonchev–Trinajstić information content (AvgIpc) is 2.38. The van der Waals surface area contributed by atoms with Gasteiger partial charge in [-0.15, -0.1) is 0 Å². The van der Waals surface area contributed by atoms with Gasteiger partial charge in [-0.05, 0) is 50.7 Å². The van der Waals surface area contributed by atoms with Crippen molar-refractivity contribution in [2.24, 2.45) is 5.92 Å². The minimum Gasteiger partial charge on any atom is -0.393 e. The molecule has 0 aliphatic heterocycles. The van der Waals surface area contributed by atoms with E-state index in [1.54, 1.807) is 6.07 Å². The standard InChI is InChI=1S/C14H20N2O2/c1-10-3-2-4-13(16-10)14(18)15-9-11-5-7-12(17)8-6-11/h2-4,11-12,17H,5-9H2,1H3,(H,15,18). The summed E-state index contributed by atoms with van der Waals surface area (Å²) in [4.78, 5) is 16.1. The lowest BCUT2D eigenvalue weighted by molar-refractivity contribution is 0.0905. The first-order chi connectivity index (χ1) is 8.65. The third-order valence-electron chi connectivity index (χ3n) is 3.49. The van der Waals surface area contributed by atoms with Gasteiger partial charge in [-0.25, -0.2) is 4.98 Å². The molecule has 1 saturated carbocycles. The maximum absolute atomic E-state index is 11.9. The molecule has 0 atom stereocenters. The summed E-state index contributed by atoms with van der Waals surface area (Å²) in [6.07, 6.45) is 3.54. The number of carbonyl (C=O) groups is 1. The normalized spacial score (nSPS) is 23.7. The van der Waals surface area contributed by atoms with Gasteiger partial charge in [0.15, 0.2) is 0 Å². The Bertz CT molecular complexity index is 412. The van der Waals surface area contributed by atoms with Crippen molar-refractivity contribution in [1.82, 2.24) is 10.3 Å². The lowest BCUT2D eigenvalue weighted by Gasteiger charge is -2.25. The molecule has 0 aromatic carbocycles. The van der Waals surface area contributed by atoms with Crippen LogP contribution in [0.3, 0.4) is 0 Å². The molecule has 4 nitrogen and oxygen atoms in total. The molecule has 1 aromatic rings. The predicted molar refractivity (Wildman–Crippen MR) is 69.3 cm³/mol. The van der Waals surface area contributed by atoms with Gasteiger partial charge < -0.3 is 10.4 Å². The van der Waals surface area contributed by atoms with Crippen molar-refractivity contribution in [2.75, 3.05) is 6.54 Å². The molecule has 4 heteroatoms. The third kappa shape index (κ3) is 3.53. The molecule has 1 aliphatic rings. The van der Waals surface area contributed by atoms with Crippen LogP contribution in [0.15, 0.2) is 18.2 Å². The number of aliphatic hydroxyl groups is 1. The van der Waals surface area contributed by atoms with Crippen LogP contribution in [0, 0.1) is 12.8 Å². The van der Waals surface area contributed by atoms with Gasteiger partial charge in [-0.3, -0.25) is 4.79 Å². The second kappa shape index (κ2) is 5.96. The van der Waals surface area contributed by atoms with E-state index in [-0.39, 0.29) is 12.0 Å². The van der Waals surface area contributed by atoms with Gasteiger partial charge in [0.05, 0.1) is 6.10 Å². The van der Waals surface area contributed by atoms with Crippen LogP contribution in [0.2, 0.25) is 0 Å². The first-order valence-corrected chi connectivity index (χ1v) is 6.55. The SMILES string of the molecule is Cc1cccc(C(=O)NCC2CCC(O)CC2)n1. The molecule has 2 N–H and O–H groups in total. The minimum atomic E-state index is -0.143. The Morgan fingerprint density at radius 2 is 2.11 bits per heavy atom. The molecule has 98 valence electrons. The number of aliphatic hydroxyl groups excluding tert-OH is 1. The van der Waals surface area contributed by atoms with E-state index in [1.165, 1.54) is 0 Å². The molecule has 2 rings (SSSR count). The predicted octanol–water partition coefficient (Wildman–Crippen LogP) is 1.67. The van der Waals surface area contributed by atoms with Crippen molar-refractivity contribution in [1.29, 1.82) is 0 Å². The van der Waals surface area contributed by atoms with Crippen molar-refractivity contribution in [3.8, 4) is 0 Å². The van der Waals surface area contributed by atoms with Crippen LogP contribution in [0.5, 0.6) is 0 Å². The number of nitrogens with one attached hydrogen (secondary N) is 1. The minimum absolute atomic E-state index is 0.107. The van der Waals surface area contributed by atoms with E-state index in [4.69, 9.17) is 0 Å². The van der Waals surface area contributed by atoms with Crippen LogP contribution >= 0.6 is 0 Å². The highest BCUT2D eigenvalue weighted by Gasteiger charge is 2.20. The monoisotopic (exact) mass is 248 g/mol. The number of amides is 1. The van der Waals surface area contributed by atoms with E-state index >= 15 is 0 Å². The van der Waals surface area contributed by atoms with E-state index in [1.807, 2.05) is 19.1 Å². The molecule has 1 heterocycles. The van der Waals surface area contributed by atoms with Crippen LogP contribution in [0.4, 0.5) is 0 Å². The molecular weight excluding hydrogens is 228 g/mol. The molecule has 1 fully saturated rings. The van der Waals surface area contributed by atoms with Crippen molar-refractivity contribution in [2.45, 2.75) is 38.7 Å². The molecule has 18 heavy (non-hydrogen) atoms. The van der Waals surface area contributed by atoms with Crippen molar-refractivity contribution in [3.63, 3.8) is 0 Å². The largest absolute Gasteiger partial charge is 0.393 e. The van der Waals surface area contributed by atoms with Gasteiger partial charge in [0, 0.05) is 12.2 Å². The number of hydrogen-bond acceptors (Lipinski definition) is 3. The van der Waals surface area contributed by atoms with Crippen molar-refractivity contribution in [3.05, 3.63) is 29.6 Å². The highest BCUT2D eigenvalue weighted by Crippen LogP contribution is 2.23. The van der Waals surface area contributed by atoms with Gasteiger partial charge in [0.2, 0.25) is 0 Å². The molecule has 0 unspecified atom stereocenters. The van der Waals surface area contributed by atoms with E-state index in [0.29, 0.717) is 18.2 Å². The Hall–Kier alpha value is -1.42. The second-order valence-electron chi connectivity index (χ2n) is 5.05. The van der Waals surface area contributed by atoms with Crippen LogP contribution in [-0.2, 0) is 0 Å². The van der Waals surface area contributed by atoms with E-state index < -0.39 is 0 Å². The number of nitrogens with zero attached hydrogens (tertiary/aromatic N) is 1. The zero-order valence-corrected chi connectivity index (χ0v) is 10.7. The van der Waals surface area contributed by atoms with Gasteiger partial charge >= 0.3 is 0 Å². The van der Waals surface area contributed by atoms with Crippen LogP contribution in [0.25, 0.3) is 0 Å². The Balaban J connectivity index is 1.81. The summed E-state index contributed by atoms with van der Waals surface area (Å²) in [5.41, 5.74) is 1.33. The fourth-order valence-electron chi connectivity index (χ4n) is 2.35. The van der Waals surface area contributed by atoms with Crippen LogP contribution in [-0.4, -0.2) is 28.6 Å². The fraction of sp³-hybridized carbons (Fsp3) is 0.571. The molecule has 0 radical (unpaired) electrons. The van der Waals surface area contributed by atoms with E-state index in [0.717, 1.165) is 31.4 Å². The number of carbonyl (C=O) groups excluding carboxylic acids is 1. The molecule has 0 saturated heterocycles. The van der Waals surface area contributed by atoms with E-state index in [9.17, 15) is 9.90 Å². The number of pyridine rings is 1. The summed E-state index contributed by atoms with van der Waals surface area (Å²) < 4.78 is 0. The van der Waals surface area contributed by atoms with Gasteiger partial charge in [0.25, 0.3) is 5.91 Å². The van der Waals surface area contributed by atoms with Gasteiger partial charge in [0.1, 0.15) is 5.69 Å². The zero-order valence-electron chi connectivity index (χ0n) is 10.7. The summed E-state index contributed by atoms with van der Waals surface area (Å²) in [5.74, 6) is 0.381. The molecule has 1 aromatic heterocycles. The molecule has 0 bridgehead atoms. The van der Waals surface area contributed by atoms with Gasteiger partial charge in [-0.2, -0.15) is 0 Å². The Kier molecular flexibility index (Phi) is 4.31. The van der Waals surface area contributed by atoms with Crippen LogP contribution < -0.4 is 5.32 Å². The number of aromatic nitrogens is 1. The molecule has 1 amide bonds. The Morgan fingerprint density at radius 1 is 1.39 bits per heavy atom. The summed E-state index contributed by atoms with van der Waals surface area (Å²) in [6.45, 7) is 2.56. The average molecular weight is 248 g/mol. The summed E-state index contributed by atoms with van der Waals surface area (Å²) in [6, 6.07) is 5.44.